The summed E-state index contributed by atoms with van der Waals surface area (Å²) >= 11 is 12.4. The van der Waals surface area contributed by atoms with E-state index in [4.69, 9.17) is 37.7 Å². The largest absolute Gasteiger partial charge is 0.424 e. The molecule has 3 rings (SSSR count). The first-order chi connectivity index (χ1) is 13.0. The van der Waals surface area contributed by atoms with Gasteiger partial charge in [0.2, 0.25) is 0 Å². The highest BCUT2D eigenvalue weighted by molar-refractivity contribution is 6.35. The Bertz CT molecular complexity index is 926. The second-order valence-electron chi connectivity index (χ2n) is 6.60. The summed E-state index contributed by atoms with van der Waals surface area (Å²) in [5, 5.41) is 1.03. The van der Waals surface area contributed by atoms with Crippen LogP contribution in [0.4, 0.5) is 0 Å². The van der Waals surface area contributed by atoms with E-state index in [2.05, 4.69) is 19.9 Å². The molecule has 0 aliphatic rings. The van der Waals surface area contributed by atoms with Crippen LogP contribution in [-0.2, 0) is 11.5 Å². The predicted octanol–water partition coefficient (Wildman–Crippen LogP) is 6.95. The van der Waals surface area contributed by atoms with Gasteiger partial charge in [0.25, 0.3) is 0 Å². The molecule has 2 aromatic carbocycles. The summed E-state index contributed by atoms with van der Waals surface area (Å²) in [6.07, 6.45) is 2.12. The number of ether oxygens (including phenoxy) is 2. The zero-order chi connectivity index (χ0) is 19.6. The molecular formula is C21H24Cl2N2O2. The number of methoxy groups -OCH3 is 1. The molecule has 0 unspecified atom stereocenters. The molecule has 0 fully saturated rings. The zero-order valence-corrected chi connectivity index (χ0v) is 17.6. The Labute approximate surface area is 170 Å². The summed E-state index contributed by atoms with van der Waals surface area (Å²) in [7, 11) is 1.66. The second kappa shape index (κ2) is 8.51. The summed E-state index contributed by atoms with van der Waals surface area (Å²) in [5.41, 5.74) is 4.04. The molecule has 0 saturated heterocycles. The Hall–Kier alpha value is -1.75. The average Bonchev–Trinajstić information content (AvgIpc) is 2.98. The quantitative estimate of drug-likeness (QED) is 0.425. The van der Waals surface area contributed by atoms with E-state index >= 15 is 0 Å². The van der Waals surface area contributed by atoms with Crippen molar-refractivity contribution in [2.75, 3.05) is 7.11 Å². The fourth-order valence-electron chi connectivity index (χ4n) is 3.49. The zero-order valence-electron chi connectivity index (χ0n) is 16.1. The van der Waals surface area contributed by atoms with Gasteiger partial charge in [-0.15, -0.1) is 0 Å². The summed E-state index contributed by atoms with van der Waals surface area (Å²) in [5.74, 6) is 1.01. The number of fused-ring (bicyclic) bond motifs is 1. The van der Waals surface area contributed by atoms with E-state index in [0.717, 1.165) is 29.4 Å². The number of nitrogens with zero attached hydrogens (tertiary/aromatic N) is 2. The van der Waals surface area contributed by atoms with Crippen molar-refractivity contribution in [1.29, 1.82) is 0 Å². The Balaban J connectivity index is 2.17. The average molecular weight is 407 g/mol. The van der Waals surface area contributed by atoms with Crippen LogP contribution in [0.15, 0.2) is 30.3 Å². The highest BCUT2D eigenvalue weighted by atomic mass is 35.5. The molecule has 4 nitrogen and oxygen atoms in total. The summed E-state index contributed by atoms with van der Waals surface area (Å²) in [4.78, 5) is 4.71. The molecule has 0 aliphatic carbocycles. The molecule has 0 N–H and O–H groups in total. The molecule has 6 heteroatoms. The van der Waals surface area contributed by atoms with Gasteiger partial charge in [0.15, 0.2) is 5.75 Å². The monoisotopic (exact) mass is 406 g/mol. The van der Waals surface area contributed by atoms with Crippen molar-refractivity contribution < 1.29 is 9.47 Å². The third kappa shape index (κ3) is 3.93. The third-order valence-corrected chi connectivity index (χ3v) is 5.33. The molecule has 0 radical (unpaired) electrons. The lowest BCUT2D eigenvalue weighted by Gasteiger charge is -2.17. The van der Waals surface area contributed by atoms with Crippen molar-refractivity contribution in [2.45, 2.75) is 46.3 Å². The number of halogens is 2. The van der Waals surface area contributed by atoms with Gasteiger partial charge in [-0.1, -0.05) is 49.2 Å². The van der Waals surface area contributed by atoms with Gasteiger partial charge in [0.05, 0.1) is 16.1 Å². The molecule has 0 saturated carbocycles. The number of aromatic nitrogens is 2. The van der Waals surface area contributed by atoms with E-state index < -0.39 is 0 Å². The summed E-state index contributed by atoms with van der Waals surface area (Å²) in [6, 6.07) is 10.2. The third-order valence-electron chi connectivity index (χ3n) is 4.83. The van der Waals surface area contributed by atoms with Crippen LogP contribution in [0, 0.1) is 6.92 Å². The molecule has 3 aromatic rings. The topological polar surface area (TPSA) is 36.3 Å². The first-order valence-electron chi connectivity index (χ1n) is 9.11. The molecule has 1 aromatic heterocycles. The number of aryl methyl sites for hydroxylation is 1. The number of benzene rings is 2. The number of hydrogen-bond donors (Lipinski definition) is 0. The van der Waals surface area contributed by atoms with Crippen molar-refractivity contribution in [3.8, 4) is 11.8 Å². The SMILES string of the molecule is CCC(CC)c1cccc2nc(Oc3c(C)cc(Cl)cc3Cl)n(COC)c12. The van der Waals surface area contributed by atoms with Gasteiger partial charge in [-0.05, 0) is 55.0 Å². The smallest absolute Gasteiger partial charge is 0.304 e. The van der Waals surface area contributed by atoms with E-state index in [1.54, 1.807) is 13.2 Å². The van der Waals surface area contributed by atoms with Gasteiger partial charge in [0.1, 0.15) is 6.73 Å². The van der Waals surface area contributed by atoms with Crippen LogP contribution in [0.25, 0.3) is 11.0 Å². The highest BCUT2D eigenvalue weighted by Crippen LogP contribution is 2.38. The van der Waals surface area contributed by atoms with Crippen LogP contribution < -0.4 is 4.74 Å². The van der Waals surface area contributed by atoms with Gasteiger partial charge in [-0.3, -0.25) is 4.57 Å². The minimum Gasteiger partial charge on any atom is -0.424 e. The van der Waals surface area contributed by atoms with Gasteiger partial charge in [-0.2, -0.15) is 4.98 Å². The number of rotatable bonds is 7. The lowest BCUT2D eigenvalue weighted by molar-refractivity contribution is 0.127. The molecule has 0 bridgehead atoms. The van der Waals surface area contributed by atoms with Crippen LogP contribution in [-0.4, -0.2) is 16.7 Å². The molecule has 144 valence electrons. The molecular weight excluding hydrogens is 383 g/mol. The van der Waals surface area contributed by atoms with Gasteiger partial charge in [-0.25, -0.2) is 0 Å². The van der Waals surface area contributed by atoms with E-state index in [1.165, 1.54) is 5.56 Å². The van der Waals surface area contributed by atoms with Gasteiger partial charge >= 0.3 is 6.01 Å². The van der Waals surface area contributed by atoms with Crippen LogP contribution >= 0.6 is 23.2 Å². The molecule has 0 spiro atoms. The lowest BCUT2D eigenvalue weighted by Crippen LogP contribution is -2.06. The molecule has 0 amide bonds. The first kappa shape index (κ1) is 20.0. The molecule has 1 heterocycles. The van der Waals surface area contributed by atoms with Crippen molar-refractivity contribution in [2.24, 2.45) is 0 Å². The Morgan fingerprint density at radius 1 is 1.15 bits per heavy atom. The van der Waals surface area contributed by atoms with E-state index in [-0.39, 0.29) is 0 Å². The van der Waals surface area contributed by atoms with Crippen molar-refractivity contribution in [3.05, 3.63) is 51.5 Å². The maximum Gasteiger partial charge on any atom is 0.304 e. The van der Waals surface area contributed by atoms with Crippen LogP contribution in [0.5, 0.6) is 11.8 Å². The van der Waals surface area contributed by atoms with Crippen LogP contribution in [0.3, 0.4) is 0 Å². The van der Waals surface area contributed by atoms with Crippen molar-refractivity contribution in [3.63, 3.8) is 0 Å². The fourth-order valence-corrected chi connectivity index (χ4v) is 4.12. The van der Waals surface area contributed by atoms with Crippen molar-refractivity contribution in [1.82, 2.24) is 9.55 Å². The predicted molar refractivity (Wildman–Crippen MR) is 111 cm³/mol. The number of imidazole rings is 1. The van der Waals surface area contributed by atoms with Gasteiger partial charge in [0, 0.05) is 12.1 Å². The summed E-state index contributed by atoms with van der Waals surface area (Å²) in [6.45, 7) is 6.66. The normalized spacial score (nSPS) is 11.5. The highest BCUT2D eigenvalue weighted by Gasteiger charge is 2.20. The van der Waals surface area contributed by atoms with Crippen molar-refractivity contribution >= 4 is 34.2 Å². The lowest BCUT2D eigenvalue weighted by atomic mass is 9.93. The Kier molecular flexibility index (Phi) is 6.30. The van der Waals surface area contributed by atoms with Gasteiger partial charge < -0.3 is 9.47 Å². The van der Waals surface area contributed by atoms with Crippen LogP contribution in [0.1, 0.15) is 43.7 Å². The standard InChI is InChI=1S/C21H24Cl2N2O2/c1-5-14(6-2)16-8-7-9-18-19(16)25(12-26-4)21(24-18)27-20-13(3)10-15(22)11-17(20)23/h7-11,14H,5-6,12H2,1-4H3. The number of para-hydroxylation sites is 1. The maximum absolute atomic E-state index is 6.36. The minimum absolute atomic E-state index is 0.341. The van der Waals surface area contributed by atoms with Crippen LogP contribution in [0.2, 0.25) is 10.0 Å². The maximum atomic E-state index is 6.36. The minimum atomic E-state index is 0.341. The molecule has 0 aliphatic heterocycles. The second-order valence-corrected chi connectivity index (χ2v) is 7.45. The molecule has 0 atom stereocenters. The summed E-state index contributed by atoms with van der Waals surface area (Å²) < 4.78 is 13.6. The van der Waals surface area contributed by atoms with E-state index in [1.807, 2.05) is 29.7 Å². The van der Waals surface area contributed by atoms with E-state index in [0.29, 0.717) is 34.5 Å². The molecule has 27 heavy (non-hydrogen) atoms. The van der Waals surface area contributed by atoms with E-state index in [9.17, 15) is 0 Å². The Morgan fingerprint density at radius 2 is 1.89 bits per heavy atom. The Morgan fingerprint density at radius 3 is 2.52 bits per heavy atom. The number of hydrogen-bond acceptors (Lipinski definition) is 3. The fraction of sp³-hybridized carbons (Fsp3) is 0.381. The first-order valence-corrected chi connectivity index (χ1v) is 9.87.